The van der Waals surface area contributed by atoms with Gasteiger partial charge in [-0.2, -0.15) is 0 Å². The lowest BCUT2D eigenvalue weighted by atomic mass is 10.1. The topological polar surface area (TPSA) is 117 Å². The maximum absolute atomic E-state index is 13.1. The molecule has 10 nitrogen and oxygen atoms in total. The number of thioether (sulfide) groups is 1. The molecule has 0 N–H and O–H groups in total. The van der Waals surface area contributed by atoms with Crippen LogP contribution in [0.4, 0.5) is 10.5 Å². The summed E-state index contributed by atoms with van der Waals surface area (Å²) in [5.41, 5.74) is 1.15. The second-order valence-corrected chi connectivity index (χ2v) is 9.56. The van der Waals surface area contributed by atoms with E-state index in [4.69, 9.17) is 30.5 Å². The summed E-state index contributed by atoms with van der Waals surface area (Å²) >= 11 is 6.99. The number of nitro groups is 1. The summed E-state index contributed by atoms with van der Waals surface area (Å²) in [7, 11) is 1.41. The summed E-state index contributed by atoms with van der Waals surface area (Å²) in [6.45, 7) is 0.127. The largest absolute Gasteiger partial charge is 0.493 e. The average molecular weight is 555 g/mol. The van der Waals surface area contributed by atoms with Gasteiger partial charge in [0.1, 0.15) is 6.61 Å². The van der Waals surface area contributed by atoms with Gasteiger partial charge in [-0.05, 0) is 41.1 Å². The van der Waals surface area contributed by atoms with Crippen molar-refractivity contribution < 1.29 is 33.5 Å². The van der Waals surface area contributed by atoms with Gasteiger partial charge in [0.05, 0.1) is 35.1 Å². The number of imide groups is 1. The Morgan fingerprint density at radius 2 is 1.84 bits per heavy atom. The number of rotatable bonds is 8. The van der Waals surface area contributed by atoms with Crippen molar-refractivity contribution in [2.75, 3.05) is 13.9 Å². The fourth-order valence-electron chi connectivity index (χ4n) is 3.87. The summed E-state index contributed by atoms with van der Waals surface area (Å²) < 4.78 is 21.8. The van der Waals surface area contributed by atoms with Gasteiger partial charge in [-0.1, -0.05) is 41.9 Å². The van der Waals surface area contributed by atoms with Crippen LogP contribution in [0.3, 0.4) is 0 Å². The lowest BCUT2D eigenvalue weighted by Crippen LogP contribution is -2.27. The molecule has 1 fully saturated rings. The number of hydrogen-bond acceptors (Lipinski definition) is 9. The van der Waals surface area contributed by atoms with E-state index in [1.165, 1.54) is 25.3 Å². The predicted octanol–water partition coefficient (Wildman–Crippen LogP) is 5.80. The van der Waals surface area contributed by atoms with E-state index < -0.39 is 16.1 Å². The molecule has 12 heteroatoms. The third kappa shape index (κ3) is 5.11. The number of benzene rings is 3. The van der Waals surface area contributed by atoms with Gasteiger partial charge in [0.2, 0.25) is 6.79 Å². The molecule has 0 bridgehead atoms. The molecule has 0 aliphatic carbocycles. The SMILES string of the molecule is COc1cc(/C=C2/SC(=O)N(Cc3cc4c(cc3Cl)OCO4)C2=O)c([N+](=O)[O-])cc1OCc1ccccc1. The first-order chi connectivity index (χ1) is 18.3. The highest BCUT2D eigenvalue weighted by molar-refractivity contribution is 8.18. The number of hydrogen-bond donors (Lipinski definition) is 0. The minimum Gasteiger partial charge on any atom is -0.493 e. The zero-order valence-electron chi connectivity index (χ0n) is 19.8. The van der Waals surface area contributed by atoms with Crippen LogP contribution >= 0.6 is 23.4 Å². The molecule has 1 saturated heterocycles. The van der Waals surface area contributed by atoms with E-state index in [9.17, 15) is 19.7 Å². The van der Waals surface area contributed by atoms with E-state index in [0.717, 1.165) is 10.5 Å². The van der Waals surface area contributed by atoms with Gasteiger partial charge >= 0.3 is 0 Å². The highest BCUT2D eigenvalue weighted by atomic mass is 35.5. The lowest BCUT2D eigenvalue weighted by molar-refractivity contribution is -0.385. The Bertz CT molecular complexity index is 1480. The standard InChI is InChI=1S/C26H19ClN2O8S/c1-34-20-7-16(19(29(32)33)11-23(20)35-13-15-5-3-2-4-6-15)9-24-25(30)28(26(31)38-24)12-17-8-21-22(10-18(17)27)37-14-36-21/h2-11H,12-14H2,1H3/b24-9+. The van der Waals surface area contributed by atoms with Gasteiger partial charge in [0.25, 0.3) is 16.8 Å². The predicted molar refractivity (Wildman–Crippen MR) is 140 cm³/mol. The first kappa shape index (κ1) is 25.4. The maximum Gasteiger partial charge on any atom is 0.293 e. The monoisotopic (exact) mass is 554 g/mol. The van der Waals surface area contributed by atoms with Gasteiger partial charge in [0, 0.05) is 11.1 Å². The maximum atomic E-state index is 13.1. The minimum atomic E-state index is -0.605. The Morgan fingerprint density at radius 3 is 2.55 bits per heavy atom. The zero-order valence-corrected chi connectivity index (χ0v) is 21.4. The summed E-state index contributed by atoms with van der Waals surface area (Å²) in [5, 5.41) is 11.7. The van der Waals surface area contributed by atoms with Crippen molar-refractivity contribution in [3.8, 4) is 23.0 Å². The van der Waals surface area contributed by atoms with Crippen LogP contribution in [0.1, 0.15) is 16.7 Å². The number of nitro benzene ring substituents is 1. The Kier molecular flexibility index (Phi) is 7.12. The van der Waals surface area contributed by atoms with Gasteiger partial charge in [-0.3, -0.25) is 24.6 Å². The molecule has 2 aliphatic rings. The molecular weight excluding hydrogens is 536 g/mol. The summed E-state index contributed by atoms with van der Waals surface area (Å²) in [5.74, 6) is 0.746. The molecule has 194 valence electrons. The molecule has 5 rings (SSSR count). The number of halogens is 1. The van der Waals surface area contributed by atoms with Crippen molar-refractivity contribution in [1.82, 2.24) is 4.90 Å². The van der Waals surface area contributed by atoms with Crippen molar-refractivity contribution >= 4 is 46.3 Å². The second-order valence-electron chi connectivity index (χ2n) is 8.16. The highest BCUT2D eigenvalue weighted by Crippen LogP contribution is 2.41. The molecule has 2 heterocycles. The quantitative estimate of drug-likeness (QED) is 0.193. The molecule has 0 atom stereocenters. The van der Waals surface area contributed by atoms with Crippen LogP contribution in [0.15, 0.2) is 59.5 Å². The van der Waals surface area contributed by atoms with Crippen LogP contribution < -0.4 is 18.9 Å². The number of ether oxygens (including phenoxy) is 4. The molecule has 0 aromatic heterocycles. The smallest absolute Gasteiger partial charge is 0.293 e. The normalized spacial score (nSPS) is 15.3. The van der Waals surface area contributed by atoms with Crippen LogP contribution in [0, 0.1) is 10.1 Å². The van der Waals surface area contributed by atoms with Crippen molar-refractivity contribution in [1.29, 1.82) is 0 Å². The molecular formula is C26H19ClN2O8S. The molecule has 0 spiro atoms. The van der Waals surface area contributed by atoms with Gasteiger partial charge in [-0.15, -0.1) is 0 Å². The second kappa shape index (κ2) is 10.6. The van der Waals surface area contributed by atoms with E-state index in [0.29, 0.717) is 33.8 Å². The molecule has 0 saturated carbocycles. The number of nitrogens with zero attached hydrogens (tertiary/aromatic N) is 2. The summed E-state index contributed by atoms with van der Waals surface area (Å²) in [6.07, 6.45) is 1.30. The number of fused-ring (bicyclic) bond motifs is 1. The van der Waals surface area contributed by atoms with Crippen LogP contribution in [-0.2, 0) is 17.9 Å². The highest BCUT2D eigenvalue weighted by Gasteiger charge is 2.36. The molecule has 0 unspecified atom stereocenters. The lowest BCUT2D eigenvalue weighted by Gasteiger charge is -2.14. The van der Waals surface area contributed by atoms with Crippen molar-refractivity contribution in [3.05, 3.63) is 91.3 Å². The Hall–Kier alpha value is -4.22. The van der Waals surface area contributed by atoms with Crippen molar-refractivity contribution in [2.45, 2.75) is 13.2 Å². The Balaban J connectivity index is 1.41. The van der Waals surface area contributed by atoms with E-state index in [2.05, 4.69) is 0 Å². The van der Waals surface area contributed by atoms with Crippen LogP contribution in [-0.4, -0.2) is 34.9 Å². The van der Waals surface area contributed by atoms with E-state index in [1.54, 1.807) is 12.1 Å². The molecule has 2 aliphatic heterocycles. The third-order valence-electron chi connectivity index (χ3n) is 5.78. The minimum absolute atomic E-state index is 0.0231. The van der Waals surface area contributed by atoms with Gasteiger partial charge < -0.3 is 18.9 Å². The van der Waals surface area contributed by atoms with Gasteiger partial charge in [0.15, 0.2) is 23.0 Å². The van der Waals surface area contributed by atoms with Crippen LogP contribution in [0.25, 0.3) is 6.08 Å². The molecule has 3 aromatic carbocycles. The fraction of sp³-hybridized carbons (Fsp3) is 0.154. The van der Waals surface area contributed by atoms with Crippen LogP contribution in [0.5, 0.6) is 23.0 Å². The molecule has 38 heavy (non-hydrogen) atoms. The van der Waals surface area contributed by atoms with Crippen LogP contribution in [0.2, 0.25) is 5.02 Å². The Morgan fingerprint density at radius 1 is 1.11 bits per heavy atom. The molecule has 2 amide bonds. The third-order valence-corrected chi connectivity index (χ3v) is 7.04. The first-order valence-electron chi connectivity index (χ1n) is 11.2. The molecule has 0 radical (unpaired) electrons. The fourth-order valence-corrected chi connectivity index (χ4v) is 4.92. The van der Waals surface area contributed by atoms with Gasteiger partial charge in [-0.25, -0.2) is 0 Å². The van der Waals surface area contributed by atoms with E-state index in [1.807, 2.05) is 30.3 Å². The summed E-state index contributed by atoms with van der Waals surface area (Å²) in [6, 6.07) is 15.1. The average Bonchev–Trinajstić information content (AvgIpc) is 3.47. The van der Waals surface area contributed by atoms with Crippen molar-refractivity contribution in [3.63, 3.8) is 0 Å². The first-order valence-corrected chi connectivity index (χ1v) is 12.4. The zero-order chi connectivity index (χ0) is 26.8. The summed E-state index contributed by atoms with van der Waals surface area (Å²) in [4.78, 5) is 38.2. The van der Waals surface area contributed by atoms with E-state index >= 15 is 0 Å². The van der Waals surface area contributed by atoms with E-state index in [-0.39, 0.29) is 47.6 Å². The van der Waals surface area contributed by atoms with Crippen molar-refractivity contribution in [2.24, 2.45) is 0 Å². The number of methoxy groups -OCH3 is 1. The molecule has 3 aromatic rings. The Labute approximate surface area is 225 Å². The number of carbonyl (C=O) groups is 2. The number of amides is 2. The number of carbonyl (C=O) groups excluding carboxylic acids is 2.